The second-order valence-corrected chi connectivity index (χ2v) is 3.06. The number of halogens is 3. The maximum atomic E-state index is 12.6. The van der Waals surface area contributed by atoms with Gasteiger partial charge in [0.1, 0.15) is 0 Å². The van der Waals surface area contributed by atoms with Crippen molar-refractivity contribution in [2.24, 2.45) is 5.73 Å². The van der Waals surface area contributed by atoms with Crippen molar-refractivity contribution in [2.45, 2.75) is 13.0 Å². The molecule has 0 aliphatic rings. The van der Waals surface area contributed by atoms with Crippen molar-refractivity contribution >= 4 is 17.6 Å². The van der Waals surface area contributed by atoms with Crippen LogP contribution in [0.15, 0.2) is 6.20 Å². The molecule has 1 heterocycles. The molecule has 0 fully saturated rings. The Morgan fingerprint density at radius 1 is 1.67 bits per heavy atom. The molecule has 82 valence electrons. The van der Waals surface area contributed by atoms with Crippen LogP contribution in [-0.2, 0) is 6.54 Å². The number of nitrogens with zero attached hydrogens (tertiary/aromatic N) is 1. The highest BCUT2D eigenvalue weighted by atomic mass is 35.5. The molecule has 0 bridgehead atoms. The highest BCUT2D eigenvalue weighted by Crippen LogP contribution is 2.30. The molecule has 0 aliphatic carbocycles. The minimum absolute atomic E-state index is 0.231. The fourth-order valence-corrected chi connectivity index (χ4v) is 1.41. The first-order valence-electron chi connectivity index (χ1n) is 3.87. The predicted molar refractivity (Wildman–Crippen MR) is 49.1 cm³/mol. The minimum atomic E-state index is -2.88. The summed E-state index contributed by atoms with van der Waals surface area (Å²) in [5, 5.41) is 8.41. The first-order chi connectivity index (χ1) is 6.99. The predicted octanol–water partition coefficient (Wildman–Crippen LogP) is 1.83. The monoisotopic (exact) mass is 236 g/mol. The van der Waals surface area contributed by atoms with Crippen LogP contribution < -0.4 is 5.73 Å². The van der Waals surface area contributed by atoms with Crippen LogP contribution in [-0.4, -0.2) is 16.1 Å². The van der Waals surface area contributed by atoms with Crippen molar-refractivity contribution in [1.82, 2.24) is 4.98 Å². The lowest BCUT2D eigenvalue weighted by atomic mass is 10.1. The summed E-state index contributed by atoms with van der Waals surface area (Å²) in [6.07, 6.45) is -2.00. The number of carboxylic acids is 1. The highest BCUT2D eigenvalue weighted by molar-refractivity contribution is 6.31. The summed E-state index contributed by atoms with van der Waals surface area (Å²) in [6.45, 7) is -0.352. The molecule has 0 radical (unpaired) electrons. The first kappa shape index (κ1) is 11.8. The summed E-state index contributed by atoms with van der Waals surface area (Å²) < 4.78 is 25.1. The molecule has 15 heavy (non-hydrogen) atoms. The van der Waals surface area contributed by atoms with Gasteiger partial charge in [0.15, 0.2) is 5.69 Å². The van der Waals surface area contributed by atoms with Crippen molar-refractivity contribution < 1.29 is 18.7 Å². The summed E-state index contributed by atoms with van der Waals surface area (Å²) in [5.74, 6) is -1.41. The second-order valence-electron chi connectivity index (χ2n) is 2.66. The fourth-order valence-electron chi connectivity index (χ4n) is 1.17. The largest absolute Gasteiger partial charge is 0.477 e. The molecule has 0 aromatic carbocycles. The lowest BCUT2D eigenvalue weighted by molar-refractivity contribution is 0.0688. The molecule has 0 saturated heterocycles. The van der Waals surface area contributed by atoms with Crippen LogP contribution in [0.3, 0.4) is 0 Å². The van der Waals surface area contributed by atoms with Gasteiger partial charge in [0.05, 0.1) is 5.02 Å². The number of nitrogens with two attached hydrogens (primary N) is 1. The molecule has 0 atom stereocenters. The zero-order valence-electron chi connectivity index (χ0n) is 7.38. The standard InChI is InChI=1S/C8H7ClF2N2O2/c9-4-2-13-6(8(14)15)3(1-12)5(4)7(10)11/h2,7H,1,12H2,(H,14,15). The van der Waals surface area contributed by atoms with Crippen LogP contribution in [0.1, 0.15) is 28.0 Å². The Morgan fingerprint density at radius 2 is 2.27 bits per heavy atom. The van der Waals surface area contributed by atoms with Gasteiger partial charge in [0.2, 0.25) is 0 Å². The average Bonchev–Trinajstić information content (AvgIpc) is 2.15. The Bertz CT molecular complexity index is 398. The summed E-state index contributed by atoms with van der Waals surface area (Å²) in [7, 11) is 0. The van der Waals surface area contributed by atoms with Crippen LogP contribution in [0.2, 0.25) is 5.02 Å². The normalized spacial score (nSPS) is 10.7. The minimum Gasteiger partial charge on any atom is -0.477 e. The topological polar surface area (TPSA) is 76.2 Å². The van der Waals surface area contributed by atoms with Gasteiger partial charge in [0.25, 0.3) is 6.43 Å². The van der Waals surface area contributed by atoms with Crippen molar-refractivity contribution in [3.63, 3.8) is 0 Å². The number of carboxylic acid groups (broad SMARTS) is 1. The van der Waals surface area contributed by atoms with Gasteiger partial charge in [-0.1, -0.05) is 11.6 Å². The number of aromatic carboxylic acids is 1. The summed E-state index contributed by atoms with van der Waals surface area (Å²) in [5.41, 5.74) is 3.92. The molecule has 0 amide bonds. The lowest BCUT2D eigenvalue weighted by Gasteiger charge is -2.10. The van der Waals surface area contributed by atoms with Crippen molar-refractivity contribution in [2.75, 3.05) is 0 Å². The molecule has 1 aromatic rings. The summed E-state index contributed by atoms with van der Waals surface area (Å²) in [6, 6.07) is 0. The van der Waals surface area contributed by atoms with Gasteiger partial charge in [-0.3, -0.25) is 0 Å². The molecule has 0 saturated carbocycles. The summed E-state index contributed by atoms with van der Waals surface area (Å²) in [4.78, 5) is 14.1. The third-order valence-electron chi connectivity index (χ3n) is 1.80. The quantitative estimate of drug-likeness (QED) is 0.839. The Labute approximate surface area is 88.7 Å². The van der Waals surface area contributed by atoms with E-state index in [1.807, 2.05) is 0 Å². The number of alkyl halides is 2. The van der Waals surface area contributed by atoms with E-state index < -0.39 is 23.7 Å². The molecular formula is C8H7ClF2N2O2. The Morgan fingerprint density at radius 3 is 2.67 bits per heavy atom. The van der Waals surface area contributed by atoms with E-state index in [9.17, 15) is 13.6 Å². The average molecular weight is 237 g/mol. The van der Waals surface area contributed by atoms with Gasteiger partial charge in [-0.25, -0.2) is 18.6 Å². The van der Waals surface area contributed by atoms with E-state index in [2.05, 4.69) is 4.98 Å². The molecule has 1 rings (SSSR count). The molecule has 3 N–H and O–H groups in total. The van der Waals surface area contributed by atoms with Gasteiger partial charge >= 0.3 is 5.97 Å². The number of hydrogen-bond acceptors (Lipinski definition) is 3. The van der Waals surface area contributed by atoms with Crippen LogP contribution in [0.25, 0.3) is 0 Å². The van der Waals surface area contributed by atoms with Crippen LogP contribution in [0, 0.1) is 0 Å². The van der Waals surface area contributed by atoms with Gasteiger partial charge in [-0.05, 0) is 0 Å². The Hall–Kier alpha value is -1.27. The van der Waals surface area contributed by atoms with Gasteiger partial charge in [-0.15, -0.1) is 0 Å². The lowest BCUT2D eigenvalue weighted by Crippen LogP contribution is -2.13. The maximum Gasteiger partial charge on any atom is 0.354 e. The number of hydrogen-bond donors (Lipinski definition) is 2. The molecule has 0 aliphatic heterocycles. The SMILES string of the molecule is NCc1c(C(=O)O)ncc(Cl)c1C(F)F. The summed E-state index contributed by atoms with van der Waals surface area (Å²) >= 11 is 5.49. The molecule has 4 nitrogen and oxygen atoms in total. The highest BCUT2D eigenvalue weighted by Gasteiger charge is 2.23. The third kappa shape index (κ3) is 2.21. The van der Waals surface area contributed by atoms with Crippen molar-refractivity contribution in [1.29, 1.82) is 0 Å². The van der Waals surface area contributed by atoms with E-state index in [0.29, 0.717) is 0 Å². The van der Waals surface area contributed by atoms with E-state index >= 15 is 0 Å². The fraction of sp³-hybridized carbons (Fsp3) is 0.250. The molecule has 0 spiro atoms. The van der Waals surface area contributed by atoms with Crippen LogP contribution in [0.4, 0.5) is 8.78 Å². The smallest absolute Gasteiger partial charge is 0.354 e. The van der Waals surface area contributed by atoms with Gasteiger partial charge in [-0.2, -0.15) is 0 Å². The zero-order valence-corrected chi connectivity index (χ0v) is 8.13. The van der Waals surface area contributed by atoms with E-state index in [0.717, 1.165) is 6.20 Å². The number of rotatable bonds is 3. The Kier molecular flexibility index (Phi) is 3.54. The van der Waals surface area contributed by atoms with Gasteiger partial charge < -0.3 is 10.8 Å². The zero-order chi connectivity index (χ0) is 11.6. The van der Waals surface area contributed by atoms with E-state index in [1.54, 1.807) is 0 Å². The number of pyridine rings is 1. The maximum absolute atomic E-state index is 12.6. The number of carbonyl (C=O) groups is 1. The van der Waals surface area contributed by atoms with E-state index in [4.69, 9.17) is 22.4 Å². The molecule has 1 aromatic heterocycles. The first-order valence-corrected chi connectivity index (χ1v) is 4.25. The van der Waals surface area contributed by atoms with Gasteiger partial charge in [0, 0.05) is 23.9 Å². The van der Waals surface area contributed by atoms with Crippen LogP contribution >= 0.6 is 11.6 Å². The molecule has 7 heteroatoms. The van der Waals surface area contributed by atoms with E-state index in [-0.39, 0.29) is 17.1 Å². The van der Waals surface area contributed by atoms with E-state index in [1.165, 1.54) is 0 Å². The van der Waals surface area contributed by atoms with Crippen molar-refractivity contribution in [3.8, 4) is 0 Å². The van der Waals surface area contributed by atoms with Crippen molar-refractivity contribution in [3.05, 3.63) is 28.0 Å². The van der Waals surface area contributed by atoms with Crippen LogP contribution in [0.5, 0.6) is 0 Å². The molecule has 0 unspecified atom stereocenters. The molecular weight excluding hydrogens is 230 g/mol. The number of aromatic nitrogens is 1. The third-order valence-corrected chi connectivity index (χ3v) is 2.10. The Balaban J connectivity index is 3.47. The second kappa shape index (κ2) is 4.50.